The van der Waals surface area contributed by atoms with Crippen molar-refractivity contribution in [2.45, 2.75) is 32.7 Å². The van der Waals surface area contributed by atoms with Crippen LogP contribution in [0.5, 0.6) is 0 Å². The van der Waals surface area contributed by atoms with Gasteiger partial charge in [0.1, 0.15) is 5.82 Å². The van der Waals surface area contributed by atoms with Gasteiger partial charge in [0.2, 0.25) is 0 Å². The van der Waals surface area contributed by atoms with Crippen molar-refractivity contribution >= 4 is 11.9 Å². The first kappa shape index (κ1) is 18.9. The fourth-order valence-electron chi connectivity index (χ4n) is 1.93. The van der Waals surface area contributed by atoms with E-state index in [0.29, 0.717) is 5.56 Å². The van der Waals surface area contributed by atoms with Crippen molar-refractivity contribution in [1.82, 2.24) is 9.55 Å². The molecule has 0 radical (unpaired) electrons. The van der Waals surface area contributed by atoms with Crippen LogP contribution in [0.15, 0.2) is 36.7 Å². The van der Waals surface area contributed by atoms with Crippen LogP contribution in [0.2, 0.25) is 0 Å². The third-order valence-corrected chi connectivity index (χ3v) is 3.17. The SMILES string of the molecule is CCCCc1nccn1Cc1ccc(C#N)cc1.O=C(O)C(=O)O. The second-order valence-electron chi connectivity index (χ2n) is 4.99. The van der Waals surface area contributed by atoms with E-state index in [2.05, 4.69) is 22.5 Å². The molecule has 126 valence electrons. The number of aromatic nitrogens is 2. The zero-order valence-corrected chi connectivity index (χ0v) is 13.3. The topological polar surface area (TPSA) is 116 Å². The largest absolute Gasteiger partial charge is 0.473 e. The van der Waals surface area contributed by atoms with Gasteiger partial charge in [-0.05, 0) is 24.1 Å². The highest BCUT2D eigenvalue weighted by molar-refractivity contribution is 6.27. The van der Waals surface area contributed by atoms with E-state index >= 15 is 0 Å². The Hall–Kier alpha value is -3.14. The van der Waals surface area contributed by atoms with Crippen LogP contribution in [0.4, 0.5) is 0 Å². The van der Waals surface area contributed by atoms with Crippen LogP contribution in [-0.4, -0.2) is 31.7 Å². The number of benzene rings is 1. The molecule has 2 aromatic rings. The Morgan fingerprint density at radius 2 is 1.83 bits per heavy atom. The van der Waals surface area contributed by atoms with Crippen LogP contribution in [0.3, 0.4) is 0 Å². The summed E-state index contributed by atoms with van der Waals surface area (Å²) in [7, 11) is 0. The average molecular weight is 329 g/mol. The first-order valence-electron chi connectivity index (χ1n) is 7.43. The summed E-state index contributed by atoms with van der Waals surface area (Å²) in [6.45, 7) is 3.01. The number of imidazole rings is 1. The van der Waals surface area contributed by atoms with E-state index in [9.17, 15) is 0 Å². The molecule has 24 heavy (non-hydrogen) atoms. The second kappa shape index (κ2) is 9.79. The van der Waals surface area contributed by atoms with Crippen LogP contribution in [0.1, 0.15) is 36.7 Å². The van der Waals surface area contributed by atoms with Crippen LogP contribution in [-0.2, 0) is 22.6 Å². The third kappa shape index (κ3) is 6.32. The number of aliphatic carboxylic acids is 2. The van der Waals surface area contributed by atoms with Crippen molar-refractivity contribution < 1.29 is 19.8 Å². The monoisotopic (exact) mass is 329 g/mol. The molecular formula is C17H19N3O4. The minimum absolute atomic E-state index is 0.704. The number of carbonyl (C=O) groups is 2. The van der Waals surface area contributed by atoms with Gasteiger partial charge in [-0.25, -0.2) is 14.6 Å². The Labute approximate surface area is 139 Å². The highest BCUT2D eigenvalue weighted by atomic mass is 16.4. The van der Waals surface area contributed by atoms with Crippen molar-refractivity contribution in [3.05, 3.63) is 53.6 Å². The van der Waals surface area contributed by atoms with E-state index in [1.807, 2.05) is 36.7 Å². The minimum atomic E-state index is -1.82. The molecule has 0 aliphatic carbocycles. The lowest BCUT2D eigenvalue weighted by atomic mass is 10.1. The van der Waals surface area contributed by atoms with Gasteiger partial charge in [0.25, 0.3) is 0 Å². The molecule has 0 atom stereocenters. The molecule has 0 aliphatic heterocycles. The molecule has 0 aliphatic rings. The van der Waals surface area contributed by atoms with Gasteiger partial charge < -0.3 is 14.8 Å². The number of hydrogen-bond donors (Lipinski definition) is 2. The molecule has 0 fully saturated rings. The maximum absolute atomic E-state index is 9.10. The summed E-state index contributed by atoms with van der Waals surface area (Å²) in [5, 5.41) is 23.5. The van der Waals surface area contributed by atoms with Gasteiger partial charge in [-0.3, -0.25) is 0 Å². The van der Waals surface area contributed by atoms with Crippen molar-refractivity contribution in [3.63, 3.8) is 0 Å². The smallest absolute Gasteiger partial charge is 0.414 e. The summed E-state index contributed by atoms with van der Waals surface area (Å²) in [6, 6.07) is 9.86. The average Bonchev–Trinajstić information content (AvgIpc) is 3.01. The summed E-state index contributed by atoms with van der Waals surface area (Å²) < 4.78 is 2.18. The number of hydrogen-bond acceptors (Lipinski definition) is 4. The van der Waals surface area contributed by atoms with Crippen molar-refractivity contribution in [2.75, 3.05) is 0 Å². The van der Waals surface area contributed by atoms with E-state index in [-0.39, 0.29) is 0 Å². The van der Waals surface area contributed by atoms with Gasteiger partial charge in [-0.1, -0.05) is 25.5 Å². The number of nitriles is 1. The molecule has 2 rings (SSSR count). The lowest BCUT2D eigenvalue weighted by Crippen LogP contribution is -2.09. The molecule has 0 spiro atoms. The number of nitrogens with zero attached hydrogens (tertiary/aromatic N) is 3. The molecule has 1 aromatic heterocycles. The van der Waals surface area contributed by atoms with Gasteiger partial charge in [0.15, 0.2) is 0 Å². The van der Waals surface area contributed by atoms with E-state index in [1.165, 1.54) is 18.4 Å². The summed E-state index contributed by atoms with van der Waals surface area (Å²) in [5.74, 6) is -2.51. The molecule has 2 N–H and O–H groups in total. The van der Waals surface area contributed by atoms with E-state index in [1.54, 1.807) is 0 Å². The quantitative estimate of drug-likeness (QED) is 0.813. The predicted molar refractivity (Wildman–Crippen MR) is 86.4 cm³/mol. The van der Waals surface area contributed by atoms with Crippen molar-refractivity contribution in [3.8, 4) is 6.07 Å². The molecule has 0 saturated heterocycles. The number of rotatable bonds is 5. The fraction of sp³-hybridized carbons (Fsp3) is 0.294. The fourth-order valence-corrected chi connectivity index (χ4v) is 1.93. The Balaban J connectivity index is 0.000000413. The third-order valence-electron chi connectivity index (χ3n) is 3.17. The van der Waals surface area contributed by atoms with Gasteiger partial charge in [-0.15, -0.1) is 0 Å². The summed E-state index contributed by atoms with van der Waals surface area (Å²) in [4.78, 5) is 22.6. The number of carboxylic acids is 2. The molecular weight excluding hydrogens is 310 g/mol. The van der Waals surface area contributed by atoms with E-state index in [4.69, 9.17) is 25.1 Å². The summed E-state index contributed by atoms with van der Waals surface area (Å²) in [6.07, 6.45) is 7.26. The van der Waals surface area contributed by atoms with Gasteiger partial charge in [0, 0.05) is 25.4 Å². The minimum Gasteiger partial charge on any atom is -0.473 e. The Kier molecular flexibility index (Phi) is 7.71. The first-order chi connectivity index (χ1) is 11.5. The maximum atomic E-state index is 9.10. The molecule has 1 heterocycles. The zero-order chi connectivity index (χ0) is 17.9. The predicted octanol–water partition coefficient (Wildman–Crippen LogP) is 2.30. The van der Waals surface area contributed by atoms with Crippen LogP contribution in [0, 0.1) is 11.3 Å². The van der Waals surface area contributed by atoms with Crippen LogP contribution < -0.4 is 0 Å². The number of unbranched alkanes of at least 4 members (excludes halogenated alkanes) is 1. The van der Waals surface area contributed by atoms with Crippen molar-refractivity contribution in [2.24, 2.45) is 0 Å². The Morgan fingerprint density at radius 3 is 2.33 bits per heavy atom. The van der Waals surface area contributed by atoms with Crippen LogP contribution in [0.25, 0.3) is 0 Å². The van der Waals surface area contributed by atoms with Gasteiger partial charge in [-0.2, -0.15) is 5.26 Å². The molecule has 0 unspecified atom stereocenters. The molecule has 0 amide bonds. The molecule has 0 saturated carbocycles. The lowest BCUT2D eigenvalue weighted by Gasteiger charge is -2.07. The Morgan fingerprint density at radius 1 is 1.21 bits per heavy atom. The molecule has 7 nitrogen and oxygen atoms in total. The Bertz CT molecular complexity index is 702. The molecule has 0 bridgehead atoms. The zero-order valence-electron chi connectivity index (χ0n) is 13.3. The summed E-state index contributed by atoms with van der Waals surface area (Å²) in [5.41, 5.74) is 1.90. The molecule has 1 aromatic carbocycles. The van der Waals surface area contributed by atoms with Crippen LogP contribution >= 0.6 is 0 Å². The van der Waals surface area contributed by atoms with Gasteiger partial charge >= 0.3 is 11.9 Å². The van der Waals surface area contributed by atoms with E-state index in [0.717, 1.165) is 18.8 Å². The second-order valence-corrected chi connectivity index (χ2v) is 4.99. The standard InChI is InChI=1S/C15H17N3.C2H2O4/c1-2-3-4-15-17-9-10-18(15)12-14-7-5-13(11-16)6-8-14;3-1(4)2(5)6/h5-10H,2-4,12H2,1H3;(H,3,4)(H,5,6). The molecule has 7 heteroatoms. The van der Waals surface area contributed by atoms with Crippen molar-refractivity contribution in [1.29, 1.82) is 5.26 Å². The normalized spacial score (nSPS) is 9.50. The van der Waals surface area contributed by atoms with Gasteiger partial charge in [0.05, 0.1) is 11.6 Å². The van der Waals surface area contributed by atoms with E-state index < -0.39 is 11.9 Å². The maximum Gasteiger partial charge on any atom is 0.414 e. The first-order valence-corrected chi connectivity index (χ1v) is 7.43. The number of aryl methyl sites for hydroxylation is 1. The lowest BCUT2D eigenvalue weighted by molar-refractivity contribution is -0.159. The number of carboxylic acid groups (broad SMARTS) is 2. The summed E-state index contributed by atoms with van der Waals surface area (Å²) >= 11 is 0. The highest BCUT2D eigenvalue weighted by Crippen LogP contribution is 2.09. The highest BCUT2D eigenvalue weighted by Gasteiger charge is 2.04.